The van der Waals surface area contributed by atoms with E-state index in [9.17, 15) is 14.0 Å². The number of hydrogen-bond donors (Lipinski definition) is 1. The average Bonchev–Trinajstić information content (AvgIpc) is 2.45. The van der Waals surface area contributed by atoms with Crippen LogP contribution in [-0.4, -0.2) is 41.1 Å². The van der Waals surface area contributed by atoms with E-state index in [-0.39, 0.29) is 11.7 Å². The zero-order valence-electron chi connectivity index (χ0n) is 9.28. The van der Waals surface area contributed by atoms with Crippen molar-refractivity contribution in [1.82, 2.24) is 4.90 Å². The fraction of sp³-hybridized carbons (Fsp3) is 0.818. The normalized spacial score (nSPS) is 33.4. The van der Waals surface area contributed by atoms with Crippen molar-refractivity contribution in [2.24, 2.45) is 11.3 Å². The summed E-state index contributed by atoms with van der Waals surface area (Å²) >= 11 is 0. The predicted octanol–water partition coefficient (Wildman–Crippen LogP) is 1.69. The van der Waals surface area contributed by atoms with E-state index in [4.69, 9.17) is 5.11 Å². The molecule has 5 heteroatoms. The van der Waals surface area contributed by atoms with Crippen molar-refractivity contribution < 1.29 is 19.1 Å². The molecule has 16 heavy (non-hydrogen) atoms. The lowest BCUT2D eigenvalue weighted by Gasteiger charge is -2.36. The molecule has 1 saturated carbocycles. The fourth-order valence-electron chi connectivity index (χ4n) is 2.95. The van der Waals surface area contributed by atoms with Crippen LogP contribution >= 0.6 is 0 Å². The van der Waals surface area contributed by atoms with Crippen LogP contribution in [0.15, 0.2) is 0 Å². The van der Waals surface area contributed by atoms with Crippen LogP contribution in [0.5, 0.6) is 0 Å². The van der Waals surface area contributed by atoms with Crippen LogP contribution in [0, 0.1) is 11.3 Å². The highest BCUT2D eigenvalue weighted by Gasteiger charge is 2.53. The SMILES string of the molecule is C[C@@H]1CC2(CCN(C(=O)O)CC2)C(=O)[C@@H]1F. The Bertz CT molecular complexity index is 323. The second kappa shape index (κ2) is 3.71. The maximum Gasteiger partial charge on any atom is 0.407 e. The summed E-state index contributed by atoms with van der Waals surface area (Å²) in [5.41, 5.74) is -0.579. The Morgan fingerprint density at radius 3 is 2.44 bits per heavy atom. The molecule has 0 aromatic rings. The minimum atomic E-state index is -1.35. The molecule has 1 spiro atoms. The first kappa shape index (κ1) is 11.4. The molecule has 0 aromatic carbocycles. The van der Waals surface area contributed by atoms with Crippen LogP contribution < -0.4 is 0 Å². The lowest BCUT2D eigenvalue weighted by atomic mass is 9.76. The molecule has 90 valence electrons. The van der Waals surface area contributed by atoms with Crippen molar-refractivity contribution >= 4 is 11.9 Å². The molecule has 0 unspecified atom stereocenters. The largest absolute Gasteiger partial charge is 0.465 e. The van der Waals surface area contributed by atoms with Gasteiger partial charge in [0, 0.05) is 18.5 Å². The first-order chi connectivity index (χ1) is 7.46. The van der Waals surface area contributed by atoms with Gasteiger partial charge in [-0.3, -0.25) is 4.79 Å². The van der Waals surface area contributed by atoms with Crippen molar-refractivity contribution in [2.75, 3.05) is 13.1 Å². The predicted molar refractivity (Wildman–Crippen MR) is 54.9 cm³/mol. The number of carboxylic acid groups (broad SMARTS) is 1. The quantitative estimate of drug-likeness (QED) is 0.687. The third-order valence-corrected chi connectivity index (χ3v) is 3.98. The number of hydrogen-bond acceptors (Lipinski definition) is 2. The van der Waals surface area contributed by atoms with E-state index in [0.29, 0.717) is 32.4 Å². The summed E-state index contributed by atoms with van der Waals surface area (Å²) in [6.45, 7) is 2.45. The lowest BCUT2D eigenvalue weighted by Crippen LogP contribution is -2.45. The van der Waals surface area contributed by atoms with Gasteiger partial charge in [0.05, 0.1) is 0 Å². The molecule has 2 atom stereocenters. The van der Waals surface area contributed by atoms with Crippen molar-refractivity contribution in [3.8, 4) is 0 Å². The van der Waals surface area contributed by atoms with Crippen LogP contribution in [0.4, 0.5) is 9.18 Å². The fourth-order valence-corrected chi connectivity index (χ4v) is 2.95. The number of carbonyl (C=O) groups is 2. The summed E-state index contributed by atoms with van der Waals surface area (Å²) in [6, 6.07) is 0. The highest BCUT2D eigenvalue weighted by molar-refractivity contribution is 5.91. The summed E-state index contributed by atoms with van der Waals surface area (Å²) in [5.74, 6) is -0.520. The van der Waals surface area contributed by atoms with Crippen molar-refractivity contribution in [2.45, 2.75) is 32.4 Å². The summed E-state index contributed by atoms with van der Waals surface area (Å²) in [5, 5.41) is 8.81. The number of alkyl halides is 1. The van der Waals surface area contributed by atoms with E-state index < -0.39 is 17.7 Å². The number of ketones is 1. The lowest BCUT2D eigenvalue weighted by molar-refractivity contribution is -0.132. The number of piperidine rings is 1. The molecule has 0 radical (unpaired) electrons. The van der Waals surface area contributed by atoms with Gasteiger partial charge in [0.15, 0.2) is 12.0 Å². The highest BCUT2D eigenvalue weighted by atomic mass is 19.1. The van der Waals surface area contributed by atoms with E-state index in [2.05, 4.69) is 0 Å². The topological polar surface area (TPSA) is 57.6 Å². The summed E-state index contributed by atoms with van der Waals surface area (Å²) < 4.78 is 13.5. The Hall–Kier alpha value is -1.13. The zero-order chi connectivity index (χ0) is 11.9. The summed E-state index contributed by atoms with van der Waals surface area (Å²) in [4.78, 5) is 23.9. The Morgan fingerprint density at radius 1 is 1.50 bits per heavy atom. The van der Waals surface area contributed by atoms with E-state index >= 15 is 0 Å². The Morgan fingerprint density at radius 2 is 2.06 bits per heavy atom. The van der Waals surface area contributed by atoms with Crippen molar-refractivity contribution in [3.05, 3.63) is 0 Å². The molecular weight excluding hydrogens is 213 g/mol. The van der Waals surface area contributed by atoms with E-state index in [0.717, 1.165) is 0 Å². The molecule has 4 nitrogen and oxygen atoms in total. The second-order valence-electron chi connectivity index (χ2n) is 5.00. The molecule has 0 bridgehead atoms. The van der Waals surface area contributed by atoms with Gasteiger partial charge >= 0.3 is 6.09 Å². The zero-order valence-corrected chi connectivity index (χ0v) is 9.28. The standard InChI is InChI=1S/C11H16FNO3/c1-7-6-11(9(14)8(7)12)2-4-13(5-3-11)10(15)16/h7-8H,2-6H2,1H3,(H,15,16)/t7-,8-/m1/s1. The number of nitrogens with zero attached hydrogens (tertiary/aromatic N) is 1. The third kappa shape index (κ3) is 1.58. The third-order valence-electron chi connectivity index (χ3n) is 3.98. The maximum atomic E-state index is 13.5. The number of halogens is 1. The molecule has 2 aliphatic rings. The number of Topliss-reactive ketones (excluding diaryl/α,β-unsaturated/α-hetero) is 1. The molecule has 1 N–H and O–H groups in total. The van der Waals surface area contributed by atoms with Gasteiger partial charge in [-0.2, -0.15) is 0 Å². The minimum Gasteiger partial charge on any atom is -0.465 e. The molecule has 1 amide bonds. The smallest absolute Gasteiger partial charge is 0.407 e. The van der Waals surface area contributed by atoms with Gasteiger partial charge in [-0.1, -0.05) is 6.92 Å². The molecule has 2 rings (SSSR count). The van der Waals surface area contributed by atoms with Gasteiger partial charge in [0.2, 0.25) is 0 Å². The van der Waals surface area contributed by atoms with Crippen LogP contribution in [0.2, 0.25) is 0 Å². The van der Waals surface area contributed by atoms with Gasteiger partial charge in [0.25, 0.3) is 0 Å². The Kier molecular flexibility index (Phi) is 2.64. The molecule has 0 aromatic heterocycles. The van der Waals surface area contributed by atoms with Crippen LogP contribution in [0.1, 0.15) is 26.2 Å². The molecular formula is C11H16FNO3. The van der Waals surface area contributed by atoms with E-state index in [1.807, 2.05) is 0 Å². The van der Waals surface area contributed by atoms with Gasteiger partial charge in [-0.25, -0.2) is 9.18 Å². The Balaban J connectivity index is 2.08. The summed E-state index contributed by atoms with van der Waals surface area (Å²) in [6.07, 6.45) is -0.784. The number of rotatable bonds is 0. The first-order valence-corrected chi connectivity index (χ1v) is 5.62. The maximum absolute atomic E-state index is 13.5. The average molecular weight is 229 g/mol. The molecule has 1 heterocycles. The van der Waals surface area contributed by atoms with Crippen LogP contribution in [-0.2, 0) is 4.79 Å². The highest BCUT2D eigenvalue weighted by Crippen LogP contribution is 2.47. The Labute approximate surface area is 93.4 Å². The van der Waals surface area contributed by atoms with Crippen molar-refractivity contribution in [3.63, 3.8) is 0 Å². The van der Waals surface area contributed by atoms with Gasteiger partial charge in [0.1, 0.15) is 0 Å². The number of amides is 1. The van der Waals surface area contributed by atoms with E-state index in [1.54, 1.807) is 6.92 Å². The van der Waals surface area contributed by atoms with Crippen LogP contribution in [0.3, 0.4) is 0 Å². The van der Waals surface area contributed by atoms with Gasteiger partial charge in [-0.15, -0.1) is 0 Å². The molecule has 1 saturated heterocycles. The molecule has 1 aliphatic carbocycles. The van der Waals surface area contributed by atoms with Gasteiger partial charge < -0.3 is 10.0 Å². The first-order valence-electron chi connectivity index (χ1n) is 5.62. The number of likely N-dealkylation sites (tertiary alicyclic amines) is 1. The van der Waals surface area contributed by atoms with Crippen LogP contribution in [0.25, 0.3) is 0 Å². The second-order valence-corrected chi connectivity index (χ2v) is 5.00. The van der Waals surface area contributed by atoms with E-state index in [1.165, 1.54) is 4.90 Å². The monoisotopic (exact) mass is 229 g/mol. The van der Waals surface area contributed by atoms with Gasteiger partial charge in [-0.05, 0) is 25.2 Å². The molecule has 2 fully saturated rings. The summed E-state index contributed by atoms with van der Waals surface area (Å²) in [7, 11) is 0. The number of carbonyl (C=O) groups excluding carboxylic acids is 1. The van der Waals surface area contributed by atoms with Crippen molar-refractivity contribution in [1.29, 1.82) is 0 Å². The minimum absolute atomic E-state index is 0.219. The molecule has 1 aliphatic heterocycles.